The molecule has 0 spiro atoms. The second-order valence-electron chi connectivity index (χ2n) is 5.84. The van der Waals surface area contributed by atoms with E-state index in [0.29, 0.717) is 26.1 Å². The molecule has 0 aromatic heterocycles. The minimum atomic E-state index is -0.751. The Balaban J connectivity index is 2.11. The van der Waals surface area contributed by atoms with Gasteiger partial charge in [-0.1, -0.05) is 0 Å². The van der Waals surface area contributed by atoms with Crippen molar-refractivity contribution in [3.8, 4) is 0 Å². The second-order valence-corrected chi connectivity index (χ2v) is 5.84. The molecule has 20 heavy (non-hydrogen) atoms. The second kappa shape index (κ2) is 6.10. The molecular weight excluding hydrogens is 260 g/mol. The molecule has 2 fully saturated rings. The van der Waals surface area contributed by atoms with Crippen LogP contribution in [-0.2, 0) is 19.1 Å². The van der Waals surface area contributed by atoms with Gasteiger partial charge in [0.1, 0.15) is 5.54 Å². The average molecular weight is 284 g/mol. The van der Waals surface area contributed by atoms with Crippen molar-refractivity contribution in [2.75, 3.05) is 33.9 Å². The van der Waals surface area contributed by atoms with Crippen LogP contribution in [-0.4, -0.2) is 62.3 Å². The van der Waals surface area contributed by atoms with Crippen LogP contribution in [0, 0.1) is 5.92 Å². The smallest absolute Gasteiger partial charge is 0.248 e. The van der Waals surface area contributed by atoms with E-state index >= 15 is 0 Å². The number of amides is 2. The molecule has 0 aromatic rings. The normalized spacial score (nSPS) is 29.1. The summed E-state index contributed by atoms with van der Waals surface area (Å²) >= 11 is 0. The van der Waals surface area contributed by atoms with Gasteiger partial charge in [-0.25, -0.2) is 0 Å². The van der Waals surface area contributed by atoms with E-state index in [-0.39, 0.29) is 23.8 Å². The van der Waals surface area contributed by atoms with E-state index in [1.165, 1.54) is 0 Å². The minimum absolute atomic E-state index is 0.00371. The predicted octanol–water partition coefficient (Wildman–Crippen LogP) is 0.165. The SMILES string of the molecule is COCC(CN1CCC(=O)NC(C)(C2CC2)C1=O)OC. The Hall–Kier alpha value is -1.14. The lowest BCUT2D eigenvalue weighted by atomic mass is 9.94. The molecule has 6 heteroatoms. The van der Waals surface area contributed by atoms with Crippen molar-refractivity contribution in [3.63, 3.8) is 0 Å². The molecule has 0 bridgehead atoms. The lowest BCUT2D eigenvalue weighted by Crippen LogP contribution is -2.57. The molecule has 114 valence electrons. The Morgan fingerprint density at radius 2 is 2.10 bits per heavy atom. The van der Waals surface area contributed by atoms with Crippen LogP contribution in [0.25, 0.3) is 0 Å². The van der Waals surface area contributed by atoms with Crippen LogP contribution in [0.2, 0.25) is 0 Å². The maximum absolute atomic E-state index is 12.8. The molecule has 2 amide bonds. The van der Waals surface area contributed by atoms with Crippen LogP contribution in [0.5, 0.6) is 0 Å². The lowest BCUT2D eigenvalue weighted by molar-refractivity contribution is -0.141. The number of methoxy groups -OCH3 is 2. The van der Waals surface area contributed by atoms with Gasteiger partial charge in [0.2, 0.25) is 11.8 Å². The van der Waals surface area contributed by atoms with E-state index in [1.807, 2.05) is 6.92 Å². The Morgan fingerprint density at radius 1 is 1.40 bits per heavy atom. The zero-order valence-electron chi connectivity index (χ0n) is 12.5. The van der Waals surface area contributed by atoms with Gasteiger partial charge in [-0.05, 0) is 25.7 Å². The Labute approximate surface area is 119 Å². The van der Waals surface area contributed by atoms with Crippen molar-refractivity contribution >= 4 is 11.8 Å². The van der Waals surface area contributed by atoms with Crippen molar-refractivity contribution in [3.05, 3.63) is 0 Å². The van der Waals surface area contributed by atoms with E-state index in [1.54, 1.807) is 19.1 Å². The third-order valence-corrected chi connectivity index (χ3v) is 4.24. The van der Waals surface area contributed by atoms with Crippen LogP contribution < -0.4 is 5.32 Å². The highest BCUT2D eigenvalue weighted by Crippen LogP contribution is 2.41. The van der Waals surface area contributed by atoms with Gasteiger partial charge in [0, 0.05) is 33.7 Å². The number of rotatable bonds is 6. The largest absolute Gasteiger partial charge is 0.382 e. The Bertz CT molecular complexity index is 383. The molecule has 0 radical (unpaired) electrons. The molecule has 1 aliphatic heterocycles. The van der Waals surface area contributed by atoms with Crippen molar-refractivity contribution in [1.29, 1.82) is 0 Å². The number of ether oxygens (including phenoxy) is 2. The molecule has 1 heterocycles. The highest BCUT2D eigenvalue weighted by Gasteiger charge is 2.51. The molecule has 2 aliphatic rings. The van der Waals surface area contributed by atoms with Crippen molar-refractivity contribution in [2.24, 2.45) is 5.92 Å². The molecule has 1 aliphatic carbocycles. The molecule has 6 nitrogen and oxygen atoms in total. The lowest BCUT2D eigenvalue weighted by Gasteiger charge is -2.33. The summed E-state index contributed by atoms with van der Waals surface area (Å²) in [6.07, 6.45) is 2.18. The average Bonchev–Trinajstić information content (AvgIpc) is 3.25. The van der Waals surface area contributed by atoms with Crippen molar-refractivity contribution in [1.82, 2.24) is 10.2 Å². The summed E-state index contributed by atoms with van der Waals surface area (Å²) in [7, 11) is 3.21. The van der Waals surface area contributed by atoms with Crippen LogP contribution >= 0.6 is 0 Å². The highest BCUT2D eigenvalue weighted by molar-refractivity contribution is 5.93. The maximum atomic E-state index is 12.8. The molecule has 1 N–H and O–H groups in total. The Kier molecular flexibility index (Phi) is 4.65. The number of hydrogen-bond donors (Lipinski definition) is 1. The molecule has 2 atom stereocenters. The highest BCUT2D eigenvalue weighted by atomic mass is 16.5. The molecule has 0 aromatic carbocycles. The van der Waals surface area contributed by atoms with E-state index in [0.717, 1.165) is 12.8 Å². The van der Waals surface area contributed by atoms with Gasteiger partial charge in [-0.3, -0.25) is 9.59 Å². The van der Waals surface area contributed by atoms with Gasteiger partial charge in [0.05, 0.1) is 12.7 Å². The zero-order valence-corrected chi connectivity index (χ0v) is 12.5. The first-order valence-corrected chi connectivity index (χ1v) is 7.13. The van der Waals surface area contributed by atoms with Gasteiger partial charge in [0.15, 0.2) is 0 Å². The number of carbonyl (C=O) groups excluding carboxylic acids is 2. The van der Waals surface area contributed by atoms with Crippen LogP contribution in [0.1, 0.15) is 26.2 Å². The zero-order chi connectivity index (χ0) is 14.8. The number of nitrogens with zero attached hydrogens (tertiary/aromatic N) is 1. The summed E-state index contributed by atoms with van der Waals surface area (Å²) in [4.78, 5) is 26.4. The molecule has 1 saturated heterocycles. The summed E-state index contributed by atoms with van der Waals surface area (Å²) in [5.41, 5.74) is -0.751. The topological polar surface area (TPSA) is 67.9 Å². The van der Waals surface area contributed by atoms with Gasteiger partial charge < -0.3 is 19.7 Å². The van der Waals surface area contributed by atoms with E-state index in [4.69, 9.17) is 9.47 Å². The first kappa shape index (κ1) is 15.3. The quantitative estimate of drug-likeness (QED) is 0.755. The molecular formula is C14H24N2O4. The van der Waals surface area contributed by atoms with E-state index in [9.17, 15) is 9.59 Å². The number of carbonyl (C=O) groups is 2. The van der Waals surface area contributed by atoms with E-state index in [2.05, 4.69) is 5.32 Å². The standard InChI is InChI=1S/C14H24N2O4/c1-14(10-4-5-10)13(18)16(7-6-12(17)15-14)8-11(20-3)9-19-2/h10-11H,4-9H2,1-3H3,(H,15,17). The van der Waals surface area contributed by atoms with Crippen molar-refractivity contribution < 1.29 is 19.1 Å². The summed E-state index contributed by atoms with van der Waals surface area (Å²) in [6, 6.07) is 0. The van der Waals surface area contributed by atoms with Gasteiger partial charge in [-0.15, -0.1) is 0 Å². The Morgan fingerprint density at radius 3 is 2.65 bits per heavy atom. The fourth-order valence-electron chi connectivity index (χ4n) is 2.81. The summed E-state index contributed by atoms with van der Waals surface area (Å²) in [5, 5.41) is 2.92. The summed E-state index contributed by atoms with van der Waals surface area (Å²) in [5.74, 6) is 0.225. The van der Waals surface area contributed by atoms with Gasteiger partial charge in [0.25, 0.3) is 0 Å². The first-order valence-electron chi connectivity index (χ1n) is 7.13. The van der Waals surface area contributed by atoms with E-state index < -0.39 is 5.54 Å². The summed E-state index contributed by atoms with van der Waals surface area (Å²) < 4.78 is 10.4. The third kappa shape index (κ3) is 3.12. The third-order valence-electron chi connectivity index (χ3n) is 4.24. The van der Waals surface area contributed by atoms with Gasteiger partial charge in [-0.2, -0.15) is 0 Å². The van der Waals surface area contributed by atoms with Crippen LogP contribution in [0.4, 0.5) is 0 Å². The van der Waals surface area contributed by atoms with Crippen LogP contribution in [0.15, 0.2) is 0 Å². The molecule has 2 unspecified atom stereocenters. The minimum Gasteiger partial charge on any atom is -0.382 e. The molecule has 1 saturated carbocycles. The first-order chi connectivity index (χ1) is 9.51. The number of hydrogen-bond acceptors (Lipinski definition) is 4. The fraction of sp³-hybridized carbons (Fsp3) is 0.857. The van der Waals surface area contributed by atoms with Gasteiger partial charge >= 0.3 is 0 Å². The fourth-order valence-corrected chi connectivity index (χ4v) is 2.81. The molecule has 2 rings (SSSR count). The monoisotopic (exact) mass is 284 g/mol. The number of nitrogens with one attached hydrogen (secondary N) is 1. The summed E-state index contributed by atoms with van der Waals surface area (Å²) in [6.45, 7) is 3.18. The van der Waals surface area contributed by atoms with Crippen LogP contribution in [0.3, 0.4) is 0 Å². The maximum Gasteiger partial charge on any atom is 0.248 e. The van der Waals surface area contributed by atoms with Crippen molar-refractivity contribution in [2.45, 2.75) is 37.8 Å². The predicted molar refractivity (Wildman–Crippen MR) is 73.1 cm³/mol.